The van der Waals surface area contributed by atoms with E-state index in [2.05, 4.69) is 36.2 Å². The minimum absolute atomic E-state index is 0.371. The summed E-state index contributed by atoms with van der Waals surface area (Å²) in [5.41, 5.74) is 1.27. The first kappa shape index (κ1) is 15.3. The second-order valence-corrected chi connectivity index (χ2v) is 5.70. The largest absolute Gasteiger partial charge is 0.496 e. The lowest BCUT2D eigenvalue weighted by molar-refractivity contribution is 0.244. The zero-order valence-corrected chi connectivity index (χ0v) is 13.1. The van der Waals surface area contributed by atoms with Crippen LogP contribution in [0.25, 0.3) is 0 Å². The van der Waals surface area contributed by atoms with Gasteiger partial charge in [-0.2, -0.15) is 0 Å². The summed E-state index contributed by atoms with van der Waals surface area (Å²) in [6.07, 6.45) is 3.79. The fourth-order valence-electron chi connectivity index (χ4n) is 3.05. The molecular weight excluding hydrogens is 248 g/mol. The van der Waals surface area contributed by atoms with E-state index in [9.17, 15) is 0 Å². The molecule has 1 N–H and O–H groups in total. The van der Waals surface area contributed by atoms with Gasteiger partial charge in [0.25, 0.3) is 0 Å². The van der Waals surface area contributed by atoms with Gasteiger partial charge in [-0.15, -0.1) is 0 Å². The third-order valence-corrected chi connectivity index (χ3v) is 4.35. The van der Waals surface area contributed by atoms with Crippen LogP contribution < -0.4 is 10.1 Å². The average molecular weight is 276 g/mol. The molecule has 0 spiro atoms. The lowest BCUT2D eigenvalue weighted by Gasteiger charge is -2.27. The third-order valence-electron chi connectivity index (χ3n) is 4.35. The second kappa shape index (κ2) is 7.65. The molecule has 1 heterocycles. The quantitative estimate of drug-likeness (QED) is 0.827. The number of hydrogen-bond acceptors (Lipinski definition) is 3. The molecule has 0 aliphatic carbocycles. The highest BCUT2D eigenvalue weighted by atomic mass is 16.5. The molecular formula is C17H28N2O. The van der Waals surface area contributed by atoms with Crippen molar-refractivity contribution in [3.8, 4) is 5.75 Å². The number of para-hydroxylation sites is 1. The molecule has 3 heteroatoms. The summed E-state index contributed by atoms with van der Waals surface area (Å²) in [5.74, 6) is 0.987. The molecule has 0 radical (unpaired) electrons. The van der Waals surface area contributed by atoms with E-state index in [0.29, 0.717) is 12.1 Å². The van der Waals surface area contributed by atoms with Crippen LogP contribution in [0.4, 0.5) is 0 Å². The van der Waals surface area contributed by atoms with Crippen molar-refractivity contribution in [2.45, 2.75) is 45.2 Å². The molecule has 1 saturated heterocycles. The molecule has 0 aromatic heterocycles. The monoisotopic (exact) mass is 276 g/mol. The highest BCUT2D eigenvalue weighted by Crippen LogP contribution is 2.26. The van der Waals surface area contributed by atoms with Gasteiger partial charge in [-0.25, -0.2) is 0 Å². The van der Waals surface area contributed by atoms with Crippen molar-refractivity contribution in [2.24, 2.45) is 0 Å². The number of rotatable bonds is 7. The van der Waals surface area contributed by atoms with Crippen LogP contribution in [0.3, 0.4) is 0 Å². The normalized spacial score (nSPS) is 18.9. The fraction of sp³-hybridized carbons (Fsp3) is 0.647. The second-order valence-electron chi connectivity index (χ2n) is 5.70. The van der Waals surface area contributed by atoms with Crippen molar-refractivity contribution in [3.63, 3.8) is 0 Å². The number of methoxy groups -OCH3 is 1. The average Bonchev–Trinajstić information content (AvgIpc) is 3.02. The highest BCUT2D eigenvalue weighted by molar-refractivity contribution is 5.35. The summed E-state index contributed by atoms with van der Waals surface area (Å²) < 4.78 is 5.48. The van der Waals surface area contributed by atoms with Gasteiger partial charge in [-0.05, 0) is 45.3 Å². The van der Waals surface area contributed by atoms with Crippen LogP contribution in [0.1, 0.15) is 44.7 Å². The summed E-state index contributed by atoms with van der Waals surface area (Å²) in [6, 6.07) is 9.32. The number of likely N-dealkylation sites (tertiary alicyclic amines) is 1. The van der Waals surface area contributed by atoms with E-state index in [1.54, 1.807) is 7.11 Å². The fourth-order valence-corrected chi connectivity index (χ4v) is 3.05. The van der Waals surface area contributed by atoms with Crippen LogP contribution in [-0.4, -0.2) is 37.7 Å². The molecule has 0 amide bonds. The molecule has 112 valence electrons. The first-order valence-corrected chi connectivity index (χ1v) is 7.86. The third kappa shape index (κ3) is 3.74. The highest BCUT2D eigenvalue weighted by Gasteiger charge is 2.20. The maximum Gasteiger partial charge on any atom is 0.123 e. The molecule has 1 aliphatic heterocycles. The number of hydrogen-bond donors (Lipinski definition) is 1. The Hall–Kier alpha value is -1.06. The Morgan fingerprint density at radius 3 is 2.60 bits per heavy atom. The molecule has 1 aliphatic rings. The maximum absolute atomic E-state index is 5.48. The van der Waals surface area contributed by atoms with Crippen molar-refractivity contribution in [1.29, 1.82) is 0 Å². The predicted octanol–water partition coefficient (Wildman–Crippen LogP) is 3.22. The maximum atomic E-state index is 5.48. The molecule has 20 heavy (non-hydrogen) atoms. The van der Waals surface area contributed by atoms with Crippen LogP contribution in [0.5, 0.6) is 5.75 Å². The number of nitrogens with zero attached hydrogens (tertiary/aromatic N) is 1. The Bertz CT molecular complexity index is 402. The zero-order chi connectivity index (χ0) is 14.4. The standard InChI is InChI=1S/C17H28N2O/c1-4-16(15-9-5-6-10-17(15)20-3)18-13-14(2)19-11-7-8-12-19/h5-6,9-10,14,16,18H,4,7-8,11-13H2,1-3H3. The molecule has 1 aromatic carbocycles. The first-order valence-electron chi connectivity index (χ1n) is 7.86. The van der Waals surface area contributed by atoms with Crippen molar-refractivity contribution < 1.29 is 4.74 Å². The number of benzene rings is 1. The van der Waals surface area contributed by atoms with Crippen LogP contribution in [0.2, 0.25) is 0 Å². The molecule has 0 saturated carbocycles. The van der Waals surface area contributed by atoms with Gasteiger partial charge in [0.1, 0.15) is 5.75 Å². The van der Waals surface area contributed by atoms with Gasteiger partial charge >= 0.3 is 0 Å². The van der Waals surface area contributed by atoms with Crippen molar-refractivity contribution in [1.82, 2.24) is 10.2 Å². The van der Waals surface area contributed by atoms with Crippen molar-refractivity contribution >= 4 is 0 Å². The van der Waals surface area contributed by atoms with E-state index in [-0.39, 0.29) is 0 Å². The number of ether oxygens (including phenoxy) is 1. The summed E-state index contributed by atoms with van der Waals surface area (Å²) >= 11 is 0. The Morgan fingerprint density at radius 2 is 1.95 bits per heavy atom. The van der Waals surface area contributed by atoms with Gasteiger partial charge < -0.3 is 10.1 Å². The van der Waals surface area contributed by atoms with Crippen LogP contribution in [0, 0.1) is 0 Å². The van der Waals surface area contributed by atoms with E-state index < -0.39 is 0 Å². The summed E-state index contributed by atoms with van der Waals surface area (Å²) in [7, 11) is 1.75. The summed E-state index contributed by atoms with van der Waals surface area (Å²) in [6.45, 7) is 8.11. The molecule has 0 bridgehead atoms. The predicted molar refractivity (Wildman–Crippen MR) is 84.3 cm³/mol. The Balaban J connectivity index is 1.94. The molecule has 3 nitrogen and oxygen atoms in total. The van der Waals surface area contributed by atoms with Gasteiger partial charge in [-0.3, -0.25) is 4.90 Å². The smallest absolute Gasteiger partial charge is 0.123 e. The molecule has 2 rings (SSSR count). The molecule has 1 fully saturated rings. The van der Waals surface area contributed by atoms with E-state index in [4.69, 9.17) is 4.74 Å². The molecule has 2 unspecified atom stereocenters. The van der Waals surface area contributed by atoms with Gasteiger partial charge in [0.05, 0.1) is 7.11 Å². The Morgan fingerprint density at radius 1 is 1.25 bits per heavy atom. The van der Waals surface area contributed by atoms with E-state index in [1.165, 1.54) is 31.5 Å². The SMILES string of the molecule is CCC(NCC(C)N1CCCC1)c1ccccc1OC. The lowest BCUT2D eigenvalue weighted by Crippen LogP contribution is -2.39. The van der Waals surface area contributed by atoms with Gasteiger partial charge in [0, 0.05) is 24.2 Å². The van der Waals surface area contributed by atoms with E-state index in [1.807, 2.05) is 12.1 Å². The first-order chi connectivity index (χ1) is 9.76. The van der Waals surface area contributed by atoms with Gasteiger partial charge in [-0.1, -0.05) is 25.1 Å². The topological polar surface area (TPSA) is 24.5 Å². The van der Waals surface area contributed by atoms with Gasteiger partial charge in [0.2, 0.25) is 0 Å². The lowest BCUT2D eigenvalue weighted by atomic mass is 10.0. The van der Waals surface area contributed by atoms with Gasteiger partial charge in [0.15, 0.2) is 0 Å². The van der Waals surface area contributed by atoms with E-state index >= 15 is 0 Å². The van der Waals surface area contributed by atoms with E-state index in [0.717, 1.165) is 18.7 Å². The number of nitrogens with one attached hydrogen (secondary N) is 1. The minimum atomic E-state index is 0.371. The molecule has 1 aromatic rings. The van der Waals surface area contributed by atoms with Crippen LogP contribution in [0.15, 0.2) is 24.3 Å². The Kier molecular flexibility index (Phi) is 5.86. The van der Waals surface area contributed by atoms with Crippen LogP contribution in [-0.2, 0) is 0 Å². The molecule has 2 atom stereocenters. The van der Waals surface area contributed by atoms with Crippen LogP contribution >= 0.6 is 0 Å². The zero-order valence-electron chi connectivity index (χ0n) is 13.1. The summed E-state index contributed by atoms with van der Waals surface area (Å²) in [4.78, 5) is 2.59. The minimum Gasteiger partial charge on any atom is -0.496 e. The van der Waals surface area contributed by atoms with Crippen molar-refractivity contribution in [3.05, 3.63) is 29.8 Å². The summed E-state index contributed by atoms with van der Waals surface area (Å²) in [5, 5.41) is 3.72. The van der Waals surface area contributed by atoms with Crippen molar-refractivity contribution in [2.75, 3.05) is 26.7 Å². The Labute approximate surface area is 123 Å².